The molecule has 51 heavy (non-hydrogen) atoms. The van der Waals surface area contributed by atoms with Crippen LogP contribution in [-0.4, -0.2) is 93.1 Å². The molecule has 0 radical (unpaired) electrons. The van der Waals surface area contributed by atoms with Crippen molar-refractivity contribution in [1.29, 1.82) is 0 Å². The van der Waals surface area contributed by atoms with E-state index in [4.69, 9.17) is 19.4 Å². The number of alkyl carbamates (subject to hydrolysis) is 2. The number of imidazole rings is 2. The van der Waals surface area contributed by atoms with Crippen LogP contribution in [0.2, 0.25) is 0 Å². The van der Waals surface area contributed by atoms with Crippen LogP contribution in [0.15, 0.2) is 24.3 Å². The largest absolute Gasteiger partial charge is 0.453 e. The van der Waals surface area contributed by atoms with E-state index in [1.165, 1.54) is 25.6 Å². The van der Waals surface area contributed by atoms with Crippen LogP contribution in [0.1, 0.15) is 87.6 Å². The van der Waals surface area contributed by atoms with Gasteiger partial charge in [0.1, 0.15) is 28.6 Å². The normalized spacial score (nSPS) is 18.6. The fraction of sp³-hybridized carbons (Fsp3) is 0.500. The van der Waals surface area contributed by atoms with Crippen LogP contribution in [-0.2, 0) is 19.1 Å². The van der Waals surface area contributed by atoms with Gasteiger partial charge < -0.3 is 39.9 Å². The average Bonchev–Trinajstić information content (AvgIpc) is 3.94. The minimum absolute atomic E-state index is 0.107. The summed E-state index contributed by atoms with van der Waals surface area (Å²) in [6, 6.07) is 5.95. The monoisotopic (exact) mass is 716 g/mol. The predicted octanol–water partition coefficient (Wildman–Crippen LogP) is 4.99. The van der Waals surface area contributed by atoms with Gasteiger partial charge in [0.05, 0.1) is 47.7 Å². The zero-order valence-electron chi connectivity index (χ0n) is 29.7. The van der Waals surface area contributed by atoms with Crippen molar-refractivity contribution in [3.8, 4) is 11.8 Å². The molecule has 1 aromatic carbocycles. The Kier molecular flexibility index (Phi) is 10.5. The lowest BCUT2D eigenvalue weighted by Gasteiger charge is -2.29. The molecule has 15 heteroatoms. The summed E-state index contributed by atoms with van der Waals surface area (Å²) in [6.45, 7) is 8.74. The van der Waals surface area contributed by atoms with Crippen LogP contribution in [0.25, 0.3) is 21.4 Å². The fourth-order valence-electron chi connectivity index (χ4n) is 6.83. The molecule has 4 atom stereocenters. The number of carbonyl (C=O) groups excluding carboxylic acids is 4. The van der Waals surface area contributed by atoms with Crippen LogP contribution in [0.4, 0.5) is 9.59 Å². The smallest absolute Gasteiger partial charge is 0.407 e. The average molecular weight is 717 g/mol. The third-order valence-electron chi connectivity index (χ3n) is 9.51. The summed E-state index contributed by atoms with van der Waals surface area (Å²) in [5.74, 6) is 7.42. The molecule has 0 spiro atoms. The molecule has 14 nitrogen and oxygen atoms in total. The van der Waals surface area contributed by atoms with E-state index in [2.05, 4.69) is 32.4 Å². The number of benzene rings is 1. The van der Waals surface area contributed by atoms with E-state index in [1.807, 2.05) is 52.0 Å². The summed E-state index contributed by atoms with van der Waals surface area (Å²) >= 11 is 1.48. The summed E-state index contributed by atoms with van der Waals surface area (Å²) in [4.78, 5) is 72.6. The van der Waals surface area contributed by atoms with Crippen molar-refractivity contribution in [3.05, 3.63) is 46.4 Å². The molecule has 2 aliphatic heterocycles. The lowest BCUT2D eigenvalue weighted by molar-refractivity contribution is -0.136. The lowest BCUT2D eigenvalue weighted by Crippen LogP contribution is -2.51. The Hall–Kier alpha value is -5.10. The number of hydrogen-bond acceptors (Lipinski definition) is 9. The first-order valence-corrected chi connectivity index (χ1v) is 18.1. The van der Waals surface area contributed by atoms with Crippen LogP contribution in [0.5, 0.6) is 0 Å². The Labute approximate surface area is 300 Å². The van der Waals surface area contributed by atoms with Gasteiger partial charge in [-0.1, -0.05) is 39.5 Å². The molecular formula is C36H44N8O6S. The summed E-state index contributed by atoms with van der Waals surface area (Å²) < 4.78 is 9.48. The van der Waals surface area contributed by atoms with Crippen molar-refractivity contribution in [2.45, 2.75) is 77.5 Å². The van der Waals surface area contributed by atoms with E-state index in [1.54, 1.807) is 9.80 Å². The number of thiophene rings is 1. The lowest BCUT2D eigenvalue weighted by atomic mass is 10.0. The highest BCUT2D eigenvalue weighted by molar-refractivity contribution is 7.19. The van der Waals surface area contributed by atoms with Crippen molar-refractivity contribution in [3.63, 3.8) is 0 Å². The zero-order valence-corrected chi connectivity index (χ0v) is 30.5. The van der Waals surface area contributed by atoms with Crippen molar-refractivity contribution in [2.75, 3.05) is 27.3 Å². The Balaban J connectivity index is 1.15. The van der Waals surface area contributed by atoms with Crippen LogP contribution in [0, 0.1) is 23.7 Å². The molecule has 0 saturated carbocycles. The molecule has 2 fully saturated rings. The molecule has 2 aliphatic rings. The first-order chi connectivity index (χ1) is 24.5. The highest BCUT2D eigenvalue weighted by atomic mass is 32.1. The predicted molar refractivity (Wildman–Crippen MR) is 192 cm³/mol. The van der Waals surface area contributed by atoms with Gasteiger partial charge in [-0.2, -0.15) is 0 Å². The second-order valence-corrected chi connectivity index (χ2v) is 14.7. The summed E-state index contributed by atoms with van der Waals surface area (Å²) in [6.07, 6.45) is 1.96. The second-order valence-electron chi connectivity index (χ2n) is 13.7. The van der Waals surface area contributed by atoms with Gasteiger partial charge in [-0.25, -0.2) is 19.6 Å². The Morgan fingerprint density at radius 1 is 0.804 bits per heavy atom. The number of ether oxygens (including phenoxy) is 2. The molecule has 0 unspecified atom stereocenters. The highest BCUT2D eigenvalue weighted by Gasteiger charge is 2.39. The third-order valence-corrected chi connectivity index (χ3v) is 10.5. The molecule has 6 rings (SSSR count). The number of nitrogens with one attached hydrogen (secondary N) is 4. The van der Waals surface area contributed by atoms with Gasteiger partial charge in [-0.15, -0.1) is 11.3 Å². The third kappa shape index (κ3) is 7.51. The van der Waals surface area contributed by atoms with Gasteiger partial charge in [0.2, 0.25) is 11.8 Å². The minimum atomic E-state index is -0.698. The van der Waals surface area contributed by atoms with E-state index in [0.29, 0.717) is 18.9 Å². The summed E-state index contributed by atoms with van der Waals surface area (Å²) in [5.41, 5.74) is 3.28. The van der Waals surface area contributed by atoms with E-state index in [-0.39, 0.29) is 35.7 Å². The second kappa shape index (κ2) is 15.0. The number of aromatic nitrogens is 4. The van der Waals surface area contributed by atoms with Gasteiger partial charge in [-0.3, -0.25) is 9.59 Å². The molecule has 4 N–H and O–H groups in total. The molecule has 0 aliphatic carbocycles. The zero-order chi connectivity index (χ0) is 36.4. The number of H-pyrrole nitrogens is 2. The number of aromatic amines is 2. The van der Waals surface area contributed by atoms with Crippen LogP contribution in [0.3, 0.4) is 0 Å². The fourth-order valence-corrected chi connectivity index (χ4v) is 7.68. The number of nitrogens with zero attached hydrogens (tertiary/aromatic N) is 4. The van der Waals surface area contributed by atoms with E-state index < -0.39 is 24.3 Å². The van der Waals surface area contributed by atoms with Crippen LogP contribution >= 0.6 is 11.3 Å². The van der Waals surface area contributed by atoms with Crippen molar-refractivity contribution >= 4 is 56.7 Å². The Morgan fingerprint density at radius 3 is 1.88 bits per heavy atom. The number of methoxy groups -OCH3 is 2. The molecule has 2 saturated heterocycles. The number of rotatable bonds is 8. The number of hydrogen-bond donors (Lipinski definition) is 4. The molecular weight excluding hydrogens is 673 g/mol. The Morgan fingerprint density at radius 2 is 1.35 bits per heavy atom. The molecule has 3 aromatic heterocycles. The van der Waals surface area contributed by atoms with E-state index in [0.717, 1.165) is 63.3 Å². The first-order valence-electron chi connectivity index (χ1n) is 17.3. The summed E-state index contributed by atoms with van der Waals surface area (Å²) in [7, 11) is 2.57. The van der Waals surface area contributed by atoms with Gasteiger partial charge in [-0.05, 0) is 61.8 Å². The standard InChI is InChI=1S/C36H44N8O6S/c1-19(2)28(40-35(47)49-5)33(45)43-15-7-9-26(43)30-37-23-14-12-21(17-24(23)38-30)11-13-22-18-25-32(51-22)42-31(39-25)27-10-8-16-44(27)34(46)29(20(3)4)41-36(48)50-6/h12,14,17-20,26-29H,7-10,15-16H2,1-6H3,(H,37,38)(H,39,42)(H,40,47)(H,41,48)/t26-,27-,28-,29-/m0/s1. The molecule has 4 aromatic rings. The number of likely N-dealkylation sites (tertiary alicyclic amines) is 2. The van der Waals surface area contributed by atoms with Gasteiger partial charge in [0.25, 0.3) is 0 Å². The van der Waals surface area contributed by atoms with E-state index in [9.17, 15) is 19.2 Å². The maximum Gasteiger partial charge on any atom is 0.407 e. The Bertz CT molecular complexity index is 1970. The molecule has 0 bridgehead atoms. The quantitative estimate of drug-likeness (QED) is 0.185. The molecule has 4 amide bonds. The minimum Gasteiger partial charge on any atom is -0.453 e. The maximum absolute atomic E-state index is 13.5. The van der Waals surface area contributed by atoms with Crippen LogP contribution < -0.4 is 10.6 Å². The van der Waals surface area contributed by atoms with Gasteiger partial charge >= 0.3 is 12.2 Å². The van der Waals surface area contributed by atoms with Gasteiger partial charge in [0, 0.05) is 18.7 Å². The summed E-state index contributed by atoms with van der Waals surface area (Å²) in [5, 5.41) is 5.37. The maximum atomic E-state index is 13.5. The molecule has 5 heterocycles. The van der Waals surface area contributed by atoms with Gasteiger partial charge in [0.15, 0.2) is 0 Å². The van der Waals surface area contributed by atoms with E-state index >= 15 is 0 Å². The van der Waals surface area contributed by atoms with Crippen molar-refractivity contribution in [1.82, 2.24) is 40.4 Å². The number of fused-ring (bicyclic) bond motifs is 2. The SMILES string of the molecule is COC(=O)N[C@H](C(=O)N1CCC[C@H]1c1nc2ccc(C#Cc3cc4[nH]c([C@@H]5CCCN5C(=O)[C@@H](NC(=O)OC)C(C)C)nc4s3)cc2[nH]1)C(C)C. The first kappa shape index (κ1) is 35.7. The number of amides is 4. The highest BCUT2D eigenvalue weighted by Crippen LogP contribution is 2.35. The topological polar surface area (TPSA) is 175 Å². The molecule has 270 valence electrons. The van der Waals surface area contributed by atoms with Crippen molar-refractivity contribution in [2.24, 2.45) is 11.8 Å². The number of carbonyl (C=O) groups is 4. The van der Waals surface area contributed by atoms with Crippen molar-refractivity contribution < 1.29 is 28.7 Å².